The predicted octanol–water partition coefficient (Wildman–Crippen LogP) is 0.220. The molecule has 3 aromatic rings. The van der Waals surface area contributed by atoms with Gasteiger partial charge in [0.1, 0.15) is 12.1 Å². The first-order valence-electron chi connectivity index (χ1n) is 12.2. The van der Waals surface area contributed by atoms with Crippen molar-refractivity contribution in [1.82, 2.24) is 20.9 Å². The quantitative estimate of drug-likeness (QED) is 0.177. The van der Waals surface area contributed by atoms with Crippen molar-refractivity contribution < 1.29 is 29.4 Å². The third-order valence-electron chi connectivity index (χ3n) is 6.11. The van der Waals surface area contributed by atoms with Crippen LogP contribution in [0.1, 0.15) is 25.0 Å². The van der Waals surface area contributed by atoms with Crippen LogP contribution in [0.25, 0.3) is 10.9 Å². The molecule has 1 aromatic heterocycles. The lowest BCUT2D eigenvalue weighted by atomic mass is 10.0. The number of rotatable bonds is 12. The number of hydrogen-bond acceptors (Lipinski definition) is 6. The fourth-order valence-corrected chi connectivity index (χ4v) is 4.01. The van der Waals surface area contributed by atoms with E-state index in [0.29, 0.717) is 5.56 Å². The number of aliphatic carboxylic acids is 1. The van der Waals surface area contributed by atoms with Crippen LogP contribution >= 0.6 is 0 Å². The molecule has 3 rings (SSSR count). The third kappa shape index (κ3) is 7.40. The fraction of sp³-hybridized carbons (Fsp3) is 0.333. The van der Waals surface area contributed by atoms with E-state index in [2.05, 4.69) is 20.9 Å². The molecular weight excluding hydrogens is 490 g/mol. The highest BCUT2D eigenvalue weighted by Crippen LogP contribution is 2.19. The predicted molar refractivity (Wildman–Crippen MR) is 141 cm³/mol. The average Bonchev–Trinajstić information content (AvgIpc) is 3.29. The molecule has 0 spiro atoms. The van der Waals surface area contributed by atoms with Gasteiger partial charge in [0, 0.05) is 29.9 Å². The highest BCUT2D eigenvalue weighted by atomic mass is 16.4. The van der Waals surface area contributed by atoms with Crippen LogP contribution < -0.4 is 21.7 Å². The number of aliphatic hydroxyl groups excluding tert-OH is 1. The number of carboxylic acid groups (broad SMARTS) is 1. The van der Waals surface area contributed by atoms with Crippen LogP contribution in [0, 0.1) is 0 Å². The first-order valence-corrected chi connectivity index (χ1v) is 12.2. The van der Waals surface area contributed by atoms with Gasteiger partial charge in [0.15, 0.2) is 6.04 Å². The number of fused-ring (bicyclic) bond motifs is 1. The van der Waals surface area contributed by atoms with Crippen molar-refractivity contribution in [3.8, 4) is 0 Å². The molecule has 0 radical (unpaired) electrons. The van der Waals surface area contributed by atoms with Gasteiger partial charge >= 0.3 is 5.97 Å². The van der Waals surface area contributed by atoms with E-state index in [1.165, 1.54) is 13.8 Å². The van der Waals surface area contributed by atoms with E-state index in [9.17, 15) is 29.4 Å². The van der Waals surface area contributed by atoms with Gasteiger partial charge in [-0.1, -0.05) is 48.5 Å². The minimum Gasteiger partial charge on any atom is -0.480 e. The van der Waals surface area contributed by atoms with Crippen molar-refractivity contribution in [2.45, 2.75) is 57.0 Å². The molecule has 5 unspecified atom stereocenters. The van der Waals surface area contributed by atoms with Crippen LogP contribution in [-0.4, -0.2) is 69.2 Å². The number of nitrogens with two attached hydrogens (primary N) is 1. The summed E-state index contributed by atoms with van der Waals surface area (Å²) in [6, 6.07) is 11.7. The normalized spacial score (nSPS) is 15.1. The van der Waals surface area contributed by atoms with E-state index in [1.54, 1.807) is 30.5 Å². The van der Waals surface area contributed by atoms with Gasteiger partial charge in [-0.2, -0.15) is 0 Å². The van der Waals surface area contributed by atoms with E-state index >= 15 is 0 Å². The van der Waals surface area contributed by atoms with Gasteiger partial charge in [-0.15, -0.1) is 0 Å². The van der Waals surface area contributed by atoms with Gasteiger partial charge in [-0.05, 0) is 31.0 Å². The maximum Gasteiger partial charge on any atom is 0.328 e. The molecule has 1 heterocycles. The fourth-order valence-electron chi connectivity index (χ4n) is 4.01. The number of para-hydroxylation sites is 1. The summed E-state index contributed by atoms with van der Waals surface area (Å²) in [7, 11) is 0. The number of H-pyrrole nitrogens is 1. The second-order valence-electron chi connectivity index (χ2n) is 9.23. The number of aromatic nitrogens is 1. The molecule has 11 heteroatoms. The third-order valence-corrected chi connectivity index (χ3v) is 6.11. The molecule has 5 atom stereocenters. The Balaban J connectivity index is 1.89. The van der Waals surface area contributed by atoms with E-state index in [0.717, 1.165) is 16.5 Å². The SMILES string of the molecule is CC(N)C(=O)NC(Cc1ccccc1)C(=O)NC(Cc1c[nH]c2ccccc12)C(=O)NC(C(=O)O)C(C)O. The van der Waals surface area contributed by atoms with Gasteiger partial charge in [0.25, 0.3) is 0 Å². The number of carbonyl (C=O) groups is 4. The van der Waals surface area contributed by atoms with Crippen LogP contribution in [-0.2, 0) is 32.0 Å². The van der Waals surface area contributed by atoms with Crippen molar-refractivity contribution in [2.75, 3.05) is 0 Å². The lowest BCUT2D eigenvalue weighted by molar-refractivity contribution is -0.145. The number of hydrogen-bond donors (Lipinski definition) is 7. The maximum atomic E-state index is 13.4. The number of aliphatic hydroxyl groups is 1. The number of benzene rings is 2. The van der Waals surface area contributed by atoms with Gasteiger partial charge in [-0.3, -0.25) is 14.4 Å². The lowest BCUT2D eigenvalue weighted by Crippen LogP contribution is -2.59. The summed E-state index contributed by atoms with van der Waals surface area (Å²) in [5.74, 6) is -3.41. The second-order valence-corrected chi connectivity index (χ2v) is 9.23. The zero-order valence-electron chi connectivity index (χ0n) is 21.2. The largest absolute Gasteiger partial charge is 0.480 e. The number of nitrogens with one attached hydrogen (secondary N) is 4. The van der Waals surface area contributed by atoms with Crippen LogP contribution in [0.5, 0.6) is 0 Å². The molecule has 11 nitrogen and oxygen atoms in total. The molecule has 38 heavy (non-hydrogen) atoms. The molecule has 202 valence electrons. The number of carbonyl (C=O) groups excluding carboxylic acids is 3. The molecule has 8 N–H and O–H groups in total. The Bertz CT molecular complexity index is 1270. The molecule has 0 saturated carbocycles. The molecule has 0 fully saturated rings. The van der Waals surface area contributed by atoms with Crippen molar-refractivity contribution in [3.05, 3.63) is 71.9 Å². The van der Waals surface area contributed by atoms with Crippen LogP contribution in [0.15, 0.2) is 60.8 Å². The second kappa shape index (κ2) is 12.8. The molecule has 3 amide bonds. The summed E-state index contributed by atoms with van der Waals surface area (Å²) in [6.45, 7) is 2.73. The molecule has 0 bridgehead atoms. The van der Waals surface area contributed by atoms with Gasteiger partial charge < -0.3 is 36.9 Å². The Hall–Kier alpha value is -4.22. The van der Waals surface area contributed by atoms with Crippen LogP contribution in [0.4, 0.5) is 0 Å². The van der Waals surface area contributed by atoms with Crippen LogP contribution in [0.3, 0.4) is 0 Å². The Morgan fingerprint density at radius 2 is 1.42 bits per heavy atom. The van der Waals surface area contributed by atoms with E-state index in [-0.39, 0.29) is 12.8 Å². The minimum atomic E-state index is -1.58. The Kier molecular flexibility index (Phi) is 9.58. The summed E-state index contributed by atoms with van der Waals surface area (Å²) >= 11 is 0. The summed E-state index contributed by atoms with van der Waals surface area (Å²) in [5, 5.41) is 27.7. The topological polar surface area (TPSA) is 187 Å². The average molecular weight is 524 g/mol. The molecular formula is C27H33N5O6. The first kappa shape index (κ1) is 28.4. The molecule has 0 aliphatic heterocycles. The van der Waals surface area contributed by atoms with Crippen molar-refractivity contribution in [3.63, 3.8) is 0 Å². The Labute approximate surface area is 219 Å². The summed E-state index contributed by atoms with van der Waals surface area (Å²) in [5.41, 5.74) is 8.00. The monoisotopic (exact) mass is 523 g/mol. The lowest BCUT2D eigenvalue weighted by Gasteiger charge is -2.25. The first-order chi connectivity index (χ1) is 18.1. The minimum absolute atomic E-state index is 0.0209. The Morgan fingerprint density at radius 3 is 2.05 bits per heavy atom. The Morgan fingerprint density at radius 1 is 0.842 bits per heavy atom. The maximum absolute atomic E-state index is 13.4. The van der Waals surface area contributed by atoms with Crippen molar-refractivity contribution in [1.29, 1.82) is 0 Å². The van der Waals surface area contributed by atoms with Gasteiger partial charge in [0.05, 0.1) is 12.1 Å². The zero-order chi connectivity index (χ0) is 27.8. The smallest absolute Gasteiger partial charge is 0.328 e. The highest BCUT2D eigenvalue weighted by molar-refractivity contribution is 5.95. The van der Waals surface area contributed by atoms with Crippen LogP contribution in [0.2, 0.25) is 0 Å². The molecule has 2 aromatic carbocycles. The van der Waals surface area contributed by atoms with Gasteiger partial charge in [-0.25, -0.2) is 4.79 Å². The molecule has 0 aliphatic carbocycles. The number of aromatic amines is 1. The number of amides is 3. The van der Waals surface area contributed by atoms with Gasteiger partial charge in [0.2, 0.25) is 17.7 Å². The van der Waals surface area contributed by atoms with E-state index in [4.69, 9.17) is 5.73 Å². The molecule has 0 aliphatic rings. The zero-order valence-corrected chi connectivity index (χ0v) is 21.2. The van der Waals surface area contributed by atoms with Crippen molar-refractivity contribution >= 4 is 34.6 Å². The standard InChI is InChI=1S/C27H33N5O6/c1-15(28)24(34)30-21(12-17-8-4-3-5-9-17)25(35)31-22(26(36)32-23(16(2)33)27(37)38)13-18-14-29-20-11-7-6-10-19(18)20/h3-11,14-16,21-23,29,33H,12-13,28H2,1-2H3,(H,30,34)(H,31,35)(H,32,36)(H,37,38). The van der Waals surface area contributed by atoms with E-state index in [1.807, 2.05) is 30.3 Å². The van der Waals surface area contributed by atoms with E-state index < -0.39 is 54.0 Å². The highest BCUT2D eigenvalue weighted by Gasteiger charge is 2.32. The summed E-state index contributed by atoms with van der Waals surface area (Å²) < 4.78 is 0. The number of carboxylic acids is 1. The summed E-state index contributed by atoms with van der Waals surface area (Å²) in [4.78, 5) is 53.8. The van der Waals surface area contributed by atoms with Crippen molar-refractivity contribution in [2.24, 2.45) is 5.73 Å². The summed E-state index contributed by atoms with van der Waals surface area (Å²) in [6.07, 6.45) is 0.488. The molecule has 0 saturated heterocycles.